The second kappa shape index (κ2) is 3.09. The highest BCUT2D eigenvalue weighted by Gasteiger charge is 1.99. The number of nitrogens with two attached hydrogens (primary N) is 1. The van der Waals surface area contributed by atoms with E-state index in [0.717, 1.165) is 6.08 Å². The summed E-state index contributed by atoms with van der Waals surface area (Å²) in [6, 6.07) is 0. The molecule has 0 atom stereocenters. The van der Waals surface area contributed by atoms with Crippen molar-refractivity contribution < 1.29 is 9.90 Å². The topological polar surface area (TPSA) is 87.2 Å². The summed E-state index contributed by atoms with van der Waals surface area (Å²) in [6.07, 6.45) is 0.851. The average Bonchev–Trinajstić information content (AvgIpc) is 1.63. The molecule has 0 spiro atoms. The molecule has 0 heterocycles. The molecule has 0 aromatic rings. The fourth-order valence-corrected chi connectivity index (χ4v) is 0.316. The molecule has 50 valence electrons. The number of aliphatic carboxylic acids is 1. The standard InChI is InChI=1S/C4H5ClN2O2/c5-3(7)1-2(6)4(8)9/h1,7H,6H2,(H,8,9)/b2-1-,7-3?. The SMILES string of the molecule is N=C(Cl)/C=C(\N)C(=O)O. The van der Waals surface area contributed by atoms with Crippen molar-refractivity contribution in [2.24, 2.45) is 5.73 Å². The van der Waals surface area contributed by atoms with Crippen molar-refractivity contribution in [2.45, 2.75) is 0 Å². The molecule has 4 nitrogen and oxygen atoms in total. The van der Waals surface area contributed by atoms with Crippen LogP contribution in [0.1, 0.15) is 0 Å². The Balaban J connectivity index is 4.17. The number of allylic oxidation sites excluding steroid dienone is 1. The van der Waals surface area contributed by atoms with Crippen LogP contribution >= 0.6 is 11.6 Å². The molecule has 0 aromatic heterocycles. The first-order chi connectivity index (χ1) is 4.04. The van der Waals surface area contributed by atoms with Crippen LogP contribution in [0.2, 0.25) is 0 Å². The molecule has 0 radical (unpaired) electrons. The predicted molar refractivity (Wildman–Crippen MR) is 33.5 cm³/mol. The van der Waals surface area contributed by atoms with Gasteiger partial charge in [0, 0.05) is 6.08 Å². The van der Waals surface area contributed by atoms with Gasteiger partial charge < -0.3 is 10.8 Å². The Bertz CT molecular complexity index is 175. The molecule has 4 N–H and O–H groups in total. The molecule has 0 fully saturated rings. The summed E-state index contributed by atoms with van der Waals surface area (Å²) in [5.41, 5.74) is 4.42. The molecule has 0 unspecified atom stereocenters. The molecule has 0 aliphatic rings. The van der Waals surface area contributed by atoms with Gasteiger partial charge in [0.15, 0.2) is 0 Å². The van der Waals surface area contributed by atoms with Gasteiger partial charge in [-0.25, -0.2) is 4.79 Å². The molecule has 0 saturated carbocycles. The van der Waals surface area contributed by atoms with Crippen LogP contribution in [-0.4, -0.2) is 16.2 Å². The number of hydrogen-bond donors (Lipinski definition) is 3. The number of carboxylic acid groups (broad SMARTS) is 1. The third-order valence-corrected chi connectivity index (χ3v) is 0.638. The lowest BCUT2D eigenvalue weighted by Crippen LogP contribution is -2.10. The number of nitrogens with one attached hydrogen (secondary N) is 1. The summed E-state index contributed by atoms with van der Waals surface area (Å²) in [5, 5.41) is 14.3. The zero-order valence-corrected chi connectivity index (χ0v) is 5.14. The minimum Gasteiger partial charge on any atom is -0.477 e. The highest BCUT2D eigenvalue weighted by molar-refractivity contribution is 6.67. The molecule has 0 amide bonds. The lowest BCUT2D eigenvalue weighted by atomic mass is 10.4. The van der Waals surface area contributed by atoms with Crippen molar-refractivity contribution >= 4 is 22.7 Å². The van der Waals surface area contributed by atoms with Crippen LogP contribution in [0.4, 0.5) is 0 Å². The van der Waals surface area contributed by atoms with Crippen molar-refractivity contribution in [1.82, 2.24) is 0 Å². The Morgan fingerprint density at radius 1 is 1.78 bits per heavy atom. The number of hydrogen-bond acceptors (Lipinski definition) is 3. The second-order valence-electron chi connectivity index (χ2n) is 1.25. The van der Waals surface area contributed by atoms with E-state index in [1.54, 1.807) is 0 Å². The monoisotopic (exact) mass is 148 g/mol. The Hall–Kier alpha value is -1.03. The third-order valence-electron chi connectivity index (χ3n) is 0.529. The van der Waals surface area contributed by atoms with Crippen LogP contribution in [0.3, 0.4) is 0 Å². The van der Waals surface area contributed by atoms with Crippen molar-refractivity contribution in [3.63, 3.8) is 0 Å². The van der Waals surface area contributed by atoms with Gasteiger partial charge in [0.1, 0.15) is 10.9 Å². The lowest BCUT2D eigenvalue weighted by Gasteiger charge is -1.88. The van der Waals surface area contributed by atoms with Gasteiger partial charge >= 0.3 is 5.97 Å². The summed E-state index contributed by atoms with van der Waals surface area (Å²) >= 11 is 4.98. The molecule has 0 saturated heterocycles. The van der Waals surface area contributed by atoms with E-state index in [9.17, 15) is 4.79 Å². The molecule has 9 heavy (non-hydrogen) atoms. The highest BCUT2D eigenvalue weighted by Crippen LogP contribution is 1.88. The quantitative estimate of drug-likeness (QED) is 0.384. The summed E-state index contributed by atoms with van der Waals surface area (Å²) in [7, 11) is 0. The third kappa shape index (κ3) is 3.54. The molecule has 0 aliphatic carbocycles. The average molecular weight is 149 g/mol. The van der Waals surface area contributed by atoms with Gasteiger partial charge in [-0.1, -0.05) is 11.6 Å². The molecular formula is C4H5ClN2O2. The number of carbonyl (C=O) groups is 1. The molecule has 0 rings (SSSR count). The van der Waals surface area contributed by atoms with E-state index in [2.05, 4.69) is 0 Å². The van der Waals surface area contributed by atoms with Gasteiger partial charge in [0.25, 0.3) is 0 Å². The zero-order chi connectivity index (χ0) is 7.44. The smallest absolute Gasteiger partial charge is 0.351 e. The number of carboxylic acids is 1. The van der Waals surface area contributed by atoms with Crippen molar-refractivity contribution in [1.29, 1.82) is 5.41 Å². The van der Waals surface area contributed by atoms with Gasteiger partial charge in [-0.2, -0.15) is 0 Å². The van der Waals surface area contributed by atoms with E-state index in [0.29, 0.717) is 0 Å². The molecule has 5 heteroatoms. The van der Waals surface area contributed by atoms with Crippen molar-refractivity contribution in [3.8, 4) is 0 Å². The Morgan fingerprint density at radius 3 is 2.33 bits per heavy atom. The van der Waals surface area contributed by atoms with Crippen LogP contribution in [0, 0.1) is 5.41 Å². The van der Waals surface area contributed by atoms with Gasteiger partial charge in [-0.3, -0.25) is 5.41 Å². The van der Waals surface area contributed by atoms with E-state index >= 15 is 0 Å². The van der Waals surface area contributed by atoms with Crippen LogP contribution < -0.4 is 5.73 Å². The van der Waals surface area contributed by atoms with Crippen LogP contribution in [0.5, 0.6) is 0 Å². The predicted octanol–water partition coefficient (Wildman–Crippen LogP) is 0.130. The van der Waals surface area contributed by atoms with Gasteiger partial charge in [0.05, 0.1) is 0 Å². The van der Waals surface area contributed by atoms with Crippen molar-refractivity contribution in [2.75, 3.05) is 0 Å². The van der Waals surface area contributed by atoms with Gasteiger partial charge in [0.2, 0.25) is 0 Å². The molecular weight excluding hydrogens is 144 g/mol. The van der Waals surface area contributed by atoms with Gasteiger partial charge in [-0.05, 0) is 0 Å². The van der Waals surface area contributed by atoms with E-state index in [1.807, 2.05) is 0 Å². The highest BCUT2D eigenvalue weighted by atomic mass is 35.5. The van der Waals surface area contributed by atoms with Crippen LogP contribution in [-0.2, 0) is 4.79 Å². The summed E-state index contributed by atoms with van der Waals surface area (Å²) in [5.74, 6) is -1.28. The summed E-state index contributed by atoms with van der Waals surface area (Å²) < 4.78 is 0. The molecule has 0 aliphatic heterocycles. The van der Waals surface area contributed by atoms with E-state index in [4.69, 9.17) is 27.9 Å². The zero-order valence-electron chi connectivity index (χ0n) is 4.39. The van der Waals surface area contributed by atoms with E-state index < -0.39 is 16.8 Å². The maximum atomic E-state index is 9.89. The van der Waals surface area contributed by atoms with Crippen LogP contribution in [0.25, 0.3) is 0 Å². The van der Waals surface area contributed by atoms with Gasteiger partial charge in [-0.15, -0.1) is 0 Å². The molecule has 0 aromatic carbocycles. The van der Waals surface area contributed by atoms with E-state index in [-0.39, 0.29) is 0 Å². The first kappa shape index (κ1) is 7.97. The van der Waals surface area contributed by atoms with Crippen LogP contribution in [0.15, 0.2) is 11.8 Å². The first-order valence-corrected chi connectivity index (χ1v) is 2.36. The molecule has 0 bridgehead atoms. The fourth-order valence-electron chi connectivity index (χ4n) is 0.198. The maximum Gasteiger partial charge on any atom is 0.351 e. The summed E-state index contributed by atoms with van der Waals surface area (Å²) in [6.45, 7) is 0. The minimum atomic E-state index is -1.28. The fraction of sp³-hybridized carbons (Fsp3) is 0. The minimum absolute atomic E-state index is 0.394. The Labute approximate surface area is 56.4 Å². The summed E-state index contributed by atoms with van der Waals surface area (Å²) in [4.78, 5) is 9.89. The Kier molecular flexibility index (Phi) is 2.73. The number of rotatable bonds is 2. The second-order valence-corrected chi connectivity index (χ2v) is 1.66. The maximum absolute atomic E-state index is 9.89. The number of halogens is 1. The lowest BCUT2D eigenvalue weighted by molar-refractivity contribution is -0.132. The normalized spacial score (nSPS) is 11.0. The Morgan fingerprint density at radius 2 is 2.22 bits per heavy atom. The first-order valence-electron chi connectivity index (χ1n) is 1.98. The van der Waals surface area contributed by atoms with Crippen molar-refractivity contribution in [3.05, 3.63) is 11.8 Å². The van der Waals surface area contributed by atoms with E-state index in [1.165, 1.54) is 0 Å². The largest absolute Gasteiger partial charge is 0.477 e.